The van der Waals surface area contributed by atoms with Gasteiger partial charge in [-0.15, -0.1) is 21.5 Å². The van der Waals surface area contributed by atoms with Gasteiger partial charge < -0.3 is 5.32 Å². The van der Waals surface area contributed by atoms with Crippen molar-refractivity contribution in [1.82, 2.24) is 15.2 Å². The molecule has 3 rings (SSSR count). The molecule has 8 heteroatoms. The number of nitrogens with one attached hydrogen (secondary N) is 1. The van der Waals surface area contributed by atoms with Crippen molar-refractivity contribution >= 4 is 33.7 Å². The van der Waals surface area contributed by atoms with Crippen LogP contribution in [-0.2, 0) is 17.6 Å². The van der Waals surface area contributed by atoms with Crippen molar-refractivity contribution in [3.8, 4) is 10.6 Å². The lowest BCUT2D eigenvalue weighted by Crippen LogP contribution is -2.14. The van der Waals surface area contributed by atoms with Gasteiger partial charge >= 0.3 is 0 Å². The third-order valence-corrected chi connectivity index (χ3v) is 4.90. The number of aryl methyl sites for hydroxylation is 1. The Hall–Kier alpha value is -2.19. The van der Waals surface area contributed by atoms with E-state index < -0.39 is 0 Å². The van der Waals surface area contributed by atoms with Crippen LogP contribution in [0.2, 0.25) is 0 Å². The van der Waals surface area contributed by atoms with Crippen molar-refractivity contribution in [2.75, 3.05) is 5.32 Å². The molecule has 5 nitrogen and oxygen atoms in total. The first kappa shape index (κ1) is 15.7. The predicted molar refractivity (Wildman–Crippen MR) is 89.1 cm³/mol. The van der Waals surface area contributed by atoms with Crippen LogP contribution in [0.15, 0.2) is 29.6 Å². The molecule has 0 aliphatic heterocycles. The summed E-state index contributed by atoms with van der Waals surface area (Å²) in [6.07, 6.45) is 0.934. The summed E-state index contributed by atoms with van der Waals surface area (Å²) in [6, 6.07) is 6.24. The van der Waals surface area contributed by atoms with E-state index in [4.69, 9.17) is 0 Å². The zero-order valence-electron chi connectivity index (χ0n) is 12.2. The van der Waals surface area contributed by atoms with Crippen LogP contribution in [0.4, 0.5) is 9.52 Å². The quantitative estimate of drug-likeness (QED) is 0.766. The molecule has 0 aliphatic rings. The normalized spacial score (nSPS) is 10.7. The van der Waals surface area contributed by atoms with Crippen LogP contribution in [0.3, 0.4) is 0 Å². The van der Waals surface area contributed by atoms with E-state index in [0.717, 1.165) is 11.4 Å². The molecule has 0 fully saturated rings. The molecule has 23 heavy (non-hydrogen) atoms. The number of carbonyl (C=O) groups is 1. The molecule has 3 aromatic rings. The molecule has 1 N–H and O–H groups in total. The van der Waals surface area contributed by atoms with Gasteiger partial charge in [0.05, 0.1) is 12.1 Å². The first-order valence-electron chi connectivity index (χ1n) is 6.96. The van der Waals surface area contributed by atoms with Gasteiger partial charge in [0.2, 0.25) is 11.0 Å². The fourth-order valence-corrected chi connectivity index (χ4v) is 3.43. The van der Waals surface area contributed by atoms with Gasteiger partial charge in [0, 0.05) is 10.9 Å². The molecule has 2 heterocycles. The highest BCUT2D eigenvalue weighted by Crippen LogP contribution is 2.24. The van der Waals surface area contributed by atoms with Gasteiger partial charge in [-0.3, -0.25) is 4.79 Å². The fourth-order valence-electron chi connectivity index (χ4n) is 1.92. The molecule has 118 valence electrons. The van der Waals surface area contributed by atoms with Crippen LogP contribution in [0, 0.1) is 5.82 Å². The van der Waals surface area contributed by atoms with E-state index in [1.54, 1.807) is 17.5 Å². The molecule has 2 aromatic heterocycles. The first-order valence-corrected chi connectivity index (χ1v) is 8.66. The molecule has 0 unspecified atom stereocenters. The highest BCUT2D eigenvalue weighted by molar-refractivity contribution is 7.15. The summed E-state index contributed by atoms with van der Waals surface area (Å²) in [4.78, 5) is 16.4. The van der Waals surface area contributed by atoms with E-state index in [1.807, 2.05) is 6.92 Å². The summed E-state index contributed by atoms with van der Waals surface area (Å²) in [5.41, 5.74) is 1.35. The van der Waals surface area contributed by atoms with Crippen molar-refractivity contribution in [2.45, 2.75) is 19.8 Å². The van der Waals surface area contributed by atoms with Crippen molar-refractivity contribution < 1.29 is 9.18 Å². The van der Waals surface area contributed by atoms with Crippen LogP contribution < -0.4 is 5.32 Å². The first-order chi connectivity index (χ1) is 11.1. The third-order valence-electron chi connectivity index (χ3n) is 2.98. The molecular formula is C15H13FN4OS2. The van der Waals surface area contributed by atoms with E-state index in [9.17, 15) is 9.18 Å². The zero-order chi connectivity index (χ0) is 16.2. The van der Waals surface area contributed by atoms with Gasteiger partial charge in [-0.05, 0) is 18.6 Å². The van der Waals surface area contributed by atoms with Crippen molar-refractivity contribution in [2.24, 2.45) is 0 Å². The van der Waals surface area contributed by atoms with Crippen molar-refractivity contribution in [3.05, 3.63) is 46.2 Å². The number of nitrogens with zero attached hydrogens (tertiary/aromatic N) is 3. The maximum atomic E-state index is 13.2. The second-order valence-corrected chi connectivity index (χ2v) is 6.65. The van der Waals surface area contributed by atoms with E-state index in [1.165, 1.54) is 34.8 Å². The average Bonchev–Trinajstić information content (AvgIpc) is 3.16. The minimum Gasteiger partial charge on any atom is -0.300 e. The van der Waals surface area contributed by atoms with Gasteiger partial charge in [0.25, 0.3) is 0 Å². The van der Waals surface area contributed by atoms with Crippen LogP contribution in [0.25, 0.3) is 10.6 Å². The number of aromatic nitrogens is 3. The fraction of sp³-hybridized carbons (Fsp3) is 0.200. The third kappa shape index (κ3) is 3.96. The number of hydrogen-bond donors (Lipinski definition) is 1. The van der Waals surface area contributed by atoms with E-state index in [0.29, 0.717) is 21.4 Å². The smallest absolute Gasteiger partial charge is 0.232 e. The minimum atomic E-state index is -0.306. The maximum Gasteiger partial charge on any atom is 0.232 e. The molecule has 0 saturated heterocycles. The Morgan fingerprint density at radius 2 is 2.22 bits per heavy atom. The monoisotopic (exact) mass is 348 g/mol. The van der Waals surface area contributed by atoms with Gasteiger partial charge in [0.15, 0.2) is 0 Å². The Bertz CT molecular complexity index is 830. The van der Waals surface area contributed by atoms with E-state index in [2.05, 4.69) is 20.5 Å². The van der Waals surface area contributed by atoms with Gasteiger partial charge in [-0.2, -0.15) is 0 Å². The number of carbonyl (C=O) groups excluding carboxylic acids is 1. The highest BCUT2D eigenvalue weighted by atomic mass is 32.1. The van der Waals surface area contributed by atoms with E-state index in [-0.39, 0.29) is 18.1 Å². The maximum absolute atomic E-state index is 13.2. The van der Waals surface area contributed by atoms with Crippen molar-refractivity contribution in [1.29, 1.82) is 0 Å². The summed E-state index contributed by atoms with van der Waals surface area (Å²) >= 11 is 2.75. The molecule has 0 bridgehead atoms. The van der Waals surface area contributed by atoms with Crippen LogP contribution in [-0.4, -0.2) is 21.1 Å². The number of benzene rings is 1. The number of anilines is 1. The Morgan fingerprint density at radius 1 is 1.35 bits per heavy atom. The summed E-state index contributed by atoms with van der Waals surface area (Å²) < 4.78 is 13.2. The van der Waals surface area contributed by atoms with E-state index >= 15 is 0 Å². The zero-order valence-corrected chi connectivity index (χ0v) is 13.9. The average molecular weight is 348 g/mol. The lowest BCUT2D eigenvalue weighted by Gasteiger charge is -1.98. The number of rotatable bonds is 5. The second-order valence-electron chi connectivity index (χ2n) is 4.73. The Balaban J connectivity index is 1.65. The largest absolute Gasteiger partial charge is 0.300 e. The van der Waals surface area contributed by atoms with Gasteiger partial charge in [0.1, 0.15) is 15.8 Å². The summed E-state index contributed by atoms with van der Waals surface area (Å²) in [6.45, 7) is 1.98. The number of amides is 1. The molecule has 0 atom stereocenters. The molecular weight excluding hydrogens is 335 g/mol. The topological polar surface area (TPSA) is 67.8 Å². The van der Waals surface area contributed by atoms with Gasteiger partial charge in [-0.25, -0.2) is 9.37 Å². The van der Waals surface area contributed by atoms with Crippen LogP contribution in [0.5, 0.6) is 0 Å². The summed E-state index contributed by atoms with van der Waals surface area (Å²) in [5, 5.41) is 14.4. The Labute approximate surface area is 140 Å². The number of hydrogen-bond acceptors (Lipinski definition) is 6. The molecule has 1 amide bonds. The Kier molecular flexibility index (Phi) is 4.73. The lowest BCUT2D eigenvalue weighted by atomic mass is 10.2. The lowest BCUT2D eigenvalue weighted by molar-refractivity contribution is -0.115. The highest BCUT2D eigenvalue weighted by Gasteiger charge is 2.11. The van der Waals surface area contributed by atoms with Gasteiger partial charge in [-0.1, -0.05) is 30.4 Å². The van der Waals surface area contributed by atoms with Crippen LogP contribution in [0.1, 0.15) is 17.6 Å². The summed E-state index contributed by atoms with van der Waals surface area (Å²) in [7, 11) is 0. The standard InChI is InChI=1S/C15H13FN4OS2/c1-2-13-19-20-15(23-13)18-12(21)7-11-8-22-14(17-11)9-4-3-5-10(16)6-9/h3-6,8H,2,7H2,1H3,(H,18,20,21). The molecule has 0 saturated carbocycles. The number of halogens is 1. The van der Waals surface area contributed by atoms with Crippen molar-refractivity contribution in [3.63, 3.8) is 0 Å². The van der Waals surface area contributed by atoms with Crippen LogP contribution >= 0.6 is 22.7 Å². The molecule has 0 spiro atoms. The Morgan fingerprint density at radius 3 is 2.96 bits per heavy atom. The molecule has 0 radical (unpaired) electrons. The second kappa shape index (κ2) is 6.93. The predicted octanol–water partition coefficient (Wildman–Crippen LogP) is 3.54. The molecule has 1 aromatic carbocycles. The minimum absolute atomic E-state index is 0.146. The number of thiazole rings is 1. The SMILES string of the molecule is CCc1nnc(NC(=O)Cc2csc(-c3cccc(F)c3)n2)s1. The molecule has 0 aliphatic carbocycles. The summed E-state index contributed by atoms with van der Waals surface area (Å²) in [5.74, 6) is -0.500.